The first kappa shape index (κ1) is 19.1. The van der Waals surface area contributed by atoms with Crippen LogP contribution in [0.1, 0.15) is 35.6 Å². The molecule has 4 rings (SSSR count). The maximum absolute atomic E-state index is 13.7. The molecule has 0 bridgehead atoms. The minimum atomic E-state index is -1.21. The average Bonchev–Trinajstić information content (AvgIpc) is 3.26. The van der Waals surface area contributed by atoms with Crippen molar-refractivity contribution >= 4 is 17.8 Å². The molecule has 6 nitrogen and oxygen atoms in total. The largest absolute Gasteiger partial charge is 0.350 e. The average molecular weight is 395 g/mol. The minimum Gasteiger partial charge on any atom is -0.350 e. The number of halogens is 1. The van der Waals surface area contributed by atoms with Crippen LogP contribution < -0.4 is 10.6 Å². The molecule has 150 valence electrons. The number of aryl methyl sites for hydroxylation is 2. The van der Waals surface area contributed by atoms with Crippen LogP contribution in [-0.2, 0) is 34.5 Å². The third kappa shape index (κ3) is 3.48. The van der Waals surface area contributed by atoms with Crippen LogP contribution >= 0.6 is 0 Å². The molecule has 2 N–H and O–H groups in total. The monoisotopic (exact) mass is 395 g/mol. The summed E-state index contributed by atoms with van der Waals surface area (Å²) in [5.74, 6) is -1.43. The van der Waals surface area contributed by atoms with Crippen LogP contribution in [0.15, 0.2) is 42.5 Å². The van der Waals surface area contributed by atoms with Gasteiger partial charge in [-0.15, -0.1) is 0 Å². The number of benzene rings is 2. The zero-order valence-corrected chi connectivity index (χ0v) is 16.1. The fraction of sp³-hybridized carbons (Fsp3) is 0.318. The van der Waals surface area contributed by atoms with E-state index in [1.807, 2.05) is 18.2 Å². The summed E-state index contributed by atoms with van der Waals surface area (Å²) in [5.41, 5.74) is 2.32. The molecule has 1 unspecified atom stereocenters. The molecule has 1 aliphatic heterocycles. The summed E-state index contributed by atoms with van der Waals surface area (Å²) >= 11 is 0. The number of carbonyl (C=O) groups is 3. The van der Waals surface area contributed by atoms with Gasteiger partial charge in [-0.3, -0.25) is 14.5 Å². The van der Waals surface area contributed by atoms with Crippen molar-refractivity contribution in [3.8, 4) is 0 Å². The Labute approximate surface area is 168 Å². The molecule has 29 heavy (non-hydrogen) atoms. The van der Waals surface area contributed by atoms with Gasteiger partial charge in [-0.2, -0.15) is 0 Å². The van der Waals surface area contributed by atoms with Crippen LogP contribution in [0.5, 0.6) is 0 Å². The third-order valence-corrected chi connectivity index (χ3v) is 5.69. The molecule has 4 amide bonds. The molecule has 1 aliphatic carbocycles. The van der Waals surface area contributed by atoms with E-state index in [-0.39, 0.29) is 6.54 Å². The number of imide groups is 1. The smallest absolute Gasteiger partial charge is 0.325 e. The van der Waals surface area contributed by atoms with Gasteiger partial charge in [0.2, 0.25) is 5.91 Å². The molecule has 1 heterocycles. The Morgan fingerprint density at radius 1 is 1.17 bits per heavy atom. The number of fused-ring (bicyclic) bond motifs is 1. The van der Waals surface area contributed by atoms with Crippen molar-refractivity contribution in [1.82, 2.24) is 15.5 Å². The molecule has 1 fully saturated rings. The SMILES string of the molecule is CC1(c2ccc3c(c2)CCC3)NC(=O)N(CC(=O)NCc2ccccc2F)C1=O. The highest BCUT2D eigenvalue weighted by Gasteiger charge is 2.49. The van der Waals surface area contributed by atoms with Gasteiger partial charge in [-0.1, -0.05) is 36.4 Å². The van der Waals surface area contributed by atoms with Crippen LogP contribution in [0.2, 0.25) is 0 Å². The van der Waals surface area contributed by atoms with Crippen LogP contribution in [-0.4, -0.2) is 29.3 Å². The molecular formula is C22H22FN3O3. The number of rotatable bonds is 5. The summed E-state index contributed by atoms with van der Waals surface area (Å²) in [6.07, 6.45) is 3.08. The second-order valence-electron chi connectivity index (χ2n) is 7.65. The number of amides is 4. The predicted molar refractivity (Wildman–Crippen MR) is 104 cm³/mol. The molecular weight excluding hydrogens is 373 g/mol. The van der Waals surface area contributed by atoms with Gasteiger partial charge in [0, 0.05) is 12.1 Å². The predicted octanol–water partition coefficient (Wildman–Crippen LogP) is 2.40. The molecule has 2 aromatic carbocycles. The molecule has 0 aromatic heterocycles. The summed E-state index contributed by atoms with van der Waals surface area (Å²) in [7, 11) is 0. The van der Waals surface area contributed by atoms with Crippen LogP contribution in [0.3, 0.4) is 0 Å². The Morgan fingerprint density at radius 2 is 1.93 bits per heavy atom. The Bertz CT molecular complexity index is 1010. The van der Waals surface area contributed by atoms with Crippen molar-refractivity contribution in [2.24, 2.45) is 0 Å². The van der Waals surface area contributed by atoms with Crippen molar-refractivity contribution in [3.63, 3.8) is 0 Å². The van der Waals surface area contributed by atoms with Crippen LogP contribution in [0, 0.1) is 5.82 Å². The van der Waals surface area contributed by atoms with Crippen molar-refractivity contribution in [2.75, 3.05) is 6.54 Å². The minimum absolute atomic E-state index is 0.0166. The maximum atomic E-state index is 13.7. The number of nitrogens with zero attached hydrogens (tertiary/aromatic N) is 1. The molecule has 7 heteroatoms. The lowest BCUT2D eigenvalue weighted by Gasteiger charge is -2.23. The molecule has 0 spiro atoms. The van der Waals surface area contributed by atoms with Gasteiger partial charge >= 0.3 is 6.03 Å². The highest BCUT2D eigenvalue weighted by atomic mass is 19.1. The number of urea groups is 1. The number of hydrogen-bond donors (Lipinski definition) is 2. The van der Waals surface area contributed by atoms with E-state index in [1.54, 1.807) is 25.1 Å². The fourth-order valence-electron chi connectivity index (χ4n) is 3.95. The van der Waals surface area contributed by atoms with Crippen molar-refractivity contribution < 1.29 is 18.8 Å². The normalized spacial score (nSPS) is 20.6. The Morgan fingerprint density at radius 3 is 2.72 bits per heavy atom. The van der Waals surface area contributed by atoms with Crippen LogP contribution in [0.4, 0.5) is 9.18 Å². The first-order valence-electron chi connectivity index (χ1n) is 9.65. The molecule has 1 atom stereocenters. The standard InChI is InChI=1S/C22H22FN3O3/c1-22(17-10-9-14-6-4-7-15(14)11-17)20(28)26(21(29)25-22)13-19(27)24-12-16-5-2-3-8-18(16)23/h2-3,5,8-11H,4,6-7,12-13H2,1H3,(H,24,27)(H,25,29). The molecule has 0 radical (unpaired) electrons. The Kier molecular flexibility index (Phi) is 4.82. The van der Waals surface area contributed by atoms with Gasteiger partial charge in [-0.25, -0.2) is 9.18 Å². The molecule has 2 aliphatic rings. The molecule has 2 aromatic rings. The van der Waals surface area contributed by atoms with Crippen molar-refractivity contribution in [2.45, 2.75) is 38.3 Å². The lowest BCUT2D eigenvalue weighted by Crippen LogP contribution is -2.43. The van der Waals surface area contributed by atoms with E-state index in [1.165, 1.54) is 17.2 Å². The summed E-state index contributed by atoms with van der Waals surface area (Å²) < 4.78 is 13.7. The highest BCUT2D eigenvalue weighted by molar-refractivity contribution is 6.09. The highest BCUT2D eigenvalue weighted by Crippen LogP contribution is 2.32. The number of nitrogens with one attached hydrogen (secondary N) is 2. The van der Waals surface area contributed by atoms with Crippen molar-refractivity contribution in [1.29, 1.82) is 0 Å². The van der Waals surface area contributed by atoms with Crippen LogP contribution in [0.25, 0.3) is 0 Å². The van der Waals surface area contributed by atoms with Gasteiger partial charge in [0.15, 0.2) is 0 Å². The Balaban J connectivity index is 1.45. The first-order valence-corrected chi connectivity index (χ1v) is 9.65. The van der Waals surface area contributed by atoms with E-state index in [4.69, 9.17) is 0 Å². The van der Waals surface area contributed by atoms with E-state index < -0.39 is 35.7 Å². The lowest BCUT2D eigenvalue weighted by molar-refractivity contribution is -0.134. The van der Waals surface area contributed by atoms with Gasteiger partial charge in [0.25, 0.3) is 5.91 Å². The second-order valence-corrected chi connectivity index (χ2v) is 7.65. The summed E-state index contributed by atoms with van der Waals surface area (Å²) in [5, 5.41) is 5.28. The number of carbonyl (C=O) groups excluding carboxylic acids is 3. The maximum Gasteiger partial charge on any atom is 0.325 e. The summed E-state index contributed by atoms with van der Waals surface area (Å²) in [6, 6.07) is 11.3. The molecule has 0 saturated carbocycles. The Hall–Kier alpha value is -3.22. The topological polar surface area (TPSA) is 78.5 Å². The fourth-order valence-corrected chi connectivity index (χ4v) is 3.95. The van der Waals surface area contributed by atoms with E-state index in [0.29, 0.717) is 11.1 Å². The number of hydrogen-bond acceptors (Lipinski definition) is 3. The zero-order chi connectivity index (χ0) is 20.6. The molecule has 1 saturated heterocycles. The van der Waals surface area contributed by atoms with E-state index >= 15 is 0 Å². The summed E-state index contributed by atoms with van der Waals surface area (Å²) in [6.45, 7) is 1.22. The van der Waals surface area contributed by atoms with E-state index in [9.17, 15) is 18.8 Å². The van der Waals surface area contributed by atoms with E-state index in [0.717, 1.165) is 24.2 Å². The summed E-state index contributed by atoms with van der Waals surface area (Å²) in [4.78, 5) is 38.6. The van der Waals surface area contributed by atoms with E-state index in [2.05, 4.69) is 10.6 Å². The first-order chi connectivity index (χ1) is 13.9. The van der Waals surface area contributed by atoms with Crippen molar-refractivity contribution in [3.05, 3.63) is 70.5 Å². The lowest BCUT2D eigenvalue weighted by atomic mass is 9.89. The van der Waals surface area contributed by atoms with Gasteiger partial charge in [0.05, 0.1) is 0 Å². The zero-order valence-electron chi connectivity index (χ0n) is 16.1. The van der Waals surface area contributed by atoms with Gasteiger partial charge in [0.1, 0.15) is 17.9 Å². The third-order valence-electron chi connectivity index (χ3n) is 5.69. The van der Waals surface area contributed by atoms with Gasteiger partial charge < -0.3 is 10.6 Å². The quantitative estimate of drug-likeness (QED) is 0.763. The second kappa shape index (κ2) is 7.31. The van der Waals surface area contributed by atoms with Gasteiger partial charge in [-0.05, 0) is 48.9 Å².